The normalized spacial score (nSPS) is 10.5. The third-order valence-corrected chi connectivity index (χ3v) is 1.81. The van der Waals surface area contributed by atoms with Crippen LogP contribution in [-0.2, 0) is 0 Å². The van der Waals surface area contributed by atoms with E-state index in [0.717, 1.165) is 12.2 Å². The first-order chi connectivity index (χ1) is 7.17. The molecule has 0 aliphatic rings. The predicted octanol–water partition coefficient (Wildman–Crippen LogP) is 1.83. The van der Waals surface area contributed by atoms with Crippen LogP contribution in [0.2, 0.25) is 0 Å². The van der Waals surface area contributed by atoms with E-state index in [9.17, 15) is 0 Å². The zero-order valence-corrected chi connectivity index (χ0v) is 9.74. The number of nitrogens with zero attached hydrogens (tertiary/aromatic N) is 3. The molecular weight excluding hydrogens is 192 g/mol. The summed E-state index contributed by atoms with van der Waals surface area (Å²) in [5.74, 6) is 1.57. The Balaban J connectivity index is 2.90. The molecule has 0 saturated carbocycles. The van der Waals surface area contributed by atoms with Gasteiger partial charge < -0.3 is 10.1 Å². The van der Waals surface area contributed by atoms with E-state index in [0.29, 0.717) is 18.6 Å². The van der Waals surface area contributed by atoms with Crippen LogP contribution in [0.5, 0.6) is 6.01 Å². The van der Waals surface area contributed by atoms with Crippen LogP contribution in [0.4, 0.5) is 5.95 Å². The Bertz CT molecular complexity index is 314. The topological polar surface area (TPSA) is 59.9 Å². The molecule has 1 aromatic rings. The summed E-state index contributed by atoms with van der Waals surface area (Å²) in [6, 6.07) is 0.403. The highest BCUT2D eigenvalue weighted by Crippen LogP contribution is 2.14. The summed E-state index contributed by atoms with van der Waals surface area (Å²) in [4.78, 5) is 12.6. The van der Waals surface area contributed by atoms with Crippen molar-refractivity contribution in [2.75, 3.05) is 19.0 Å². The number of ether oxygens (including phenoxy) is 1. The van der Waals surface area contributed by atoms with Crippen LogP contribution in [0.1, 0.15) is 38.9 Å². The van der Waals surface area contributed by atoms with Crippen LogP contribution in [0.15, 0.2) is 0 Å². The van der Waals surface area contributed by atoms with Gasteiger partial charge in [0.25, 0.3) is 0 Å². The zero-order chi connectivity index (χ0) is 11.3. The Morgan fingerprint density at radius 2 is 2.00 bits per heavy atom. The molecule has 0 amide bonds. The summed E-state index contributed by atoms with van der Waals surface area (Å²) in [5, 5.41) is 2.90. The highest BCUT2D eigenvalue weighted by molar-refractivity contribution is 5.25. The van der Waals surface area contributed by atoms with Gasteiger partial charge in [-0.1, -0.05) is 20.8 Å². The summed E-state index contributed by atoms with van der Waals surface area (Å²) < 4.78 is 5.39. The Morgan fingerprint density at radius 3 is 2.53 bits per heavy atom. The monoisotopic (exact) mass is 210 g/mol. The molecule has 0 unspecified atom stereocenters. The van der Waals surface area contributed by atoms with Crippen molar-refractivity contribution >= 4 is 5.95 Å². The molecule has 0 radical (unpaired) electrons. The Kier molecular flexibility index (Phi) is 4.27. The second kappa shape index (κ2) is 5.48. The van der Waals surface area contributed by atoms with Crippen LogP contribution in [0.25, 0.3) is 0 Å². The molecule has 0 spiro atoms. The quantitative estimate of drug-likeness (QED) is 0.803. The molecule has 0 atom stereocenters. The molecule has 0 fully saturated rings. The summed E-state index contributed by atoms with van der Waals surface area (Å²) in [6.45, 7) is 6.75. The van der Waals surface area contributed by atoms with Crippen LogP contribution >= 0.6 is 0 Å². The molecular formula is C10H18N4O. The van der Waals surface area contributed by atoms with Crippen LogP contribution < -0.4 is 10.1 Å². The third kappa shape index (κ3) is 3.34. The highest BCUT2D eigenvalue weighted by atomic mass is 16.5. The lowest BCUT2D eigenvalue weighted by Crippen LogP contribution is -2.08. The van der Waals surface area contributed by atoms with E-state index in [1.54, 1.807) is 7.05 Å². The van der Waals surface area contributed by atoms with Crippen molar-refractivity contribution in [2.45, 2.75) is 33.1 Å². The zero-order valence-electron chi connectivity index (χ0n) is 9.74. The lowest BCUT2D eigenvalue weighted by Gasteiger charge is -2.08. The van der Waals surface area contributed by atoms with E-state index in [1.165, 1.54) is 0 Å². The molecule has 5 nitrogen and oxygen atoms in total. The summed E-state index contributed by atoms with van der Waals surface area (Å²) in [7, 11) is 1.78. The molecule has 5 heteroatoms. The van der Waals surface area contributed by atoms with E-state index in [2.05, 4.69) is 20.3 Å². The fraction of sp³-hybridized carbons (Fsp3) is 0.700. The number of hydrogen-bond donors (Lipinski definition) is 1. The van der Waals surface area contributed by atoms with Crippen molar-refractivity contribution in [2.24, 2.45) is 0 Å². The minimum Gasteiger partial charge on any atom is -0.463 e. The average molecular weight is 210 g/mol. The first kappa shape index (κ1) is 11.7. The van der Waals surface area contributed by atoms with Crippen molar-refractivity contribution < 1.29 is 4.74 Å². The standard InChI is InChI=1S/C10H18N4O/c1-5-6-15-10-13-8(7(2)3)12-9(11-4)14-10/h7H,5-6H2,1-4H3,(H,11,12,13,14). The Hall–Kier alpha value is -1.39. The van der Waals surface area contributed by atoms with Crippen molar-refractivity contribution in [3.63, 3.8) is 0 Å². The van der Waals surface area contributed by atoms with Gasteiger partial charge in [0.15, 0.2) is 0 Å². The highest BCUT2D eigenvalue weighted by Gasteiger charge is 2.09. The van der Waals surface area contributed by atoms with Gasteiger partial charge in [0, 0.05) is 13.0 Å². The number of hydrogen-bond acceptors (Lipinski definition) is 5. The molecule has 0 aliphatic carbocycles. The molecule has 0 bridgehead atoms. The second-order valence-corrected chi connectivity index (χ2v) is 3.55. The first-order valence-corrected chi connectivity index (χ1v) is 5.23. The van der Waals surface area contributed by atoms with Crippen molar-refractivity contribution in [3.8, 4) is 6.01 Å². The van der Waals surface area contributed by atoms with Gasteiger partial charge in [0.05, 0.1) is 6.61 Å². The van der Waals surface area contributed by atoms with Gasteiger partial charge >= 0.3 is 6.01 Å². The maximum Gasteiger partial charge on any atom is 0.321 e. The second-order valence-electron chi connectivity index (χ2n) is 3.55. The minimum atomic E-state index is 0.268. The molecule has 0 aliphatic heterocycles. The van der Waals surface area contributed by atoms with Gasteiger partial charge in [0.2, 0.25) is 5.95 Å². The molecule has 0 aromatic carbocycles. The van der Waals surface area contributed by atoms with E-state index in [-0.39, 0.29) is 5.92 Å². The number of aromatic nitrogens is 3. The average Bonchev–Trinajstić information content (AvgIpc) is 2.25. The van der Waals surface area contributed by atoms with Gasteiger partial charge in [0.1, 0.15) is 5.82 Å². The van der Waals surface area contributed by atoms with Crippen molar-refractivity contribution in [3.05, 3.63) is 5.82 Å². The predicted molar refractivity (Wildman–Crippen MR) is 59.2 cm³/mol. The SMILES string of the molecule is CCCOc1nc(NC)nc(C(C)C)n1. The minimum absolute atomic E-state index is 0.268. The smallest absolute Gasteiger partial charge is 0.321 e. The number of nitrogens with one attached hydrogen (secondary N) is 1. The van der Waals surface area contributed by atoms with E-state index < -0.39 is 0 Å². The van der Waals surface area contributed by atoms with Crippen LogP contribution in [0.3, 0.4) is 0 Å². The summed E-state index contributed by atoms with van der Waals surface area (Å²) in [6.07, 6.45) is 0.942. The Labute approximate surface area is 90.3 Å². The van der Waals surface area contributed by atoms with Gasteiger partial charge in [-0.25, -0.2) is 0 Å². The van der Waals surface area contributed by atoms with Crippen molar-refractivity contribution in [1.29, 1.82) is 0 Å². The van der Waals surface area contributed by atoms with E-state index >= 15 is 0 Å². The molecule has 1 rings (SSSR count). The van der Waals surface area contributed by atoms with Gasteiger partial charge in [-0.05, 0) is 6.42 Å². The lowest BCUT2D eigenvalue weighted by molar-refractivity contribution is 0.290. The molecule has 1 N–H and O–H groups in total. The van der Waals surface area contributed by atoms with E-state index in [1.807, 2.05) is 20.8 Å². The molecule has 1 heterocycles. The van der Waals surface area contributed by atoms with Crippen LogP contribution in [0, 0.1) is 0 Å². The largest absolute Gasteiger partial charge is 0.463 e. The maximum absolute atomic E-state index is 5.39. The van der Waals surface area contributed by atoms with Gasteiger partial charge in [-0.3, -0.25) is 0 Å². The van der Waals surface area contributed by atoms with Crippen molar-refractivity contribution in [1.82, 2.24) is 15.0 Å². The molecule has 1 aromatic heterocycles. The Morgan fingerprint density at radius 1 is 1.27 bits per heavy atom. The fourth-order valence-corrected chi connectivity index (χ4v) is 1.000. The lowest BCUT2D eigenvalue weighted by atomic mass is 10.2. The first-order valence-electron chi connectivity index (χ1n) is 5.23. The summed E-state index contributed by atoms with van der Waals surface area (Å²) >= 11 is 0. The van der Waals surface area contributed by atoms with E-state index in [4.69, 9.17) is 4.74 Å². The van der Waals surface area contributed by atoms with Gasteiger partial charge in [-0.2, -0.15) is 15.0 Å². The van der Waals surface area contributed by atoms with Gasteiger partial charge in [-0.15, -0.1) is 0 Å². The number of rotatable bonds is 5. The third-order valence-electron chi connectivity index (χ3n) is 1.81. The molecule has 84 valence electrons. The molecule has 15 heavy (non-hydrogen) atoms. The van der Waals surface area contributed by atoms with Crippen LogP contribution in [-0.4, -0.2) is 28.6 Å². The molecule has 0 saturated heterocycles. The fourth-order valence-electron chi connectivity index (χ4n) is 1.000. The maximum atomic E-state index is 5.39. The summed E-state index contributed by atoms with van der Waals surface area (Å²) in [5.41, 5.74) is 0. The number of anilines is 1.